The first-order valence-electron chi connectivity index (χ1n) is 6.90. The number of nitrogens with two attached hydrogens (primary N) is 1. The van der Waals surface area contributed by atoms with Crippen LogP contribution < -0.4 is 10.5 Å². The zero-order valence-electron chi connectivity index (χ0n) is 12.2. The number of nitrogens with zero attached hydrogens (tertiary/aromatic N) is 2. The minimum atomic E-state index is 0.348. The Morgan fingerprint density at radius 1 is 1.22 bits per heavy atom. The van der Waals surface area contributed by atoms with Gasteiger partial charge < -0.3 is 15.0 Å². The number of ether oxygens (including phenoxy) is 1. The van der Waals surface area contributed by atoms with Crippen molar-refractivity contribution in [3.63, 3.8) is 0 Å². The van der Waals surface area contributed by atoms with Gasteiger partial charge in [-0.25, -0.2) is 0 Å². The molecular weight excluding hydrogens is 314 g/mol. The predicted octanol–water partition coefficient (Wildman–Crippen LogP) is 4.20. The fourth-order valence-corrected chi connectivity index (χ4v) is 2.21. The maximum absolute atomic E-state index is 5.93. The molecule has 2 N–H and O–H groups in total. The Kier molecular flexibility index (Phi) is 4.30. The Bertz CT molecular complexity index is 828. The first-order valence-corrected chi connectivity index (χ1v) is 7.28. The Labute approximate surface area is 138 Å². The molecule has 0 bridgehead atoms. The number of aromatic nitrogens is 2. The van der Waals surface area contributed by atoms with E-state index in [4.69, 9.17) is 26.6 Å². The molecule has 5 nitrogen and oxygen atoms in total. The van der Waals surface area contributed by atoms with Crippen LogP contribution in [0.15, 0.2) is 59.6 Å². The third-order valence-corrected chi connectivity index (χ3v) is 3.39. The van der Waals surface area contributed by atoms with E-state index in [9.17, 15) is 0 Å². The number of anilines is 1. The molecule has 0 fully saturated rings. The van der Waals surface area contributed by atoms with Crippen LogP contribution in [0.5, 0.6) is 5.75 Å². The maximum Gasteiger partial charge on any atom is 0.260 e. The van der Waals surface area contributed by atoms with Crippen molar-refractivity contribution in [3.05, 3.63) is 60.1 Å². The summed E-state index contributed by atoms with van der Waals surface area (Å²) in [5.41, 5.74) is 7.89. The van der Waals surface area contributed by atoms with Crippen molar-refractivity contribution in [3.8, 4) is 28.6 Å². The first kappa shape index (κ1) is 15.1. The van der Waals surface area contributed by atoms with Crippen molar-refractivity contribution < 1.29 is 9.26 Å². The largest absolute Gasteiger partial charge is 0.490 e. The van der Waals surface area contributed by atoms with Gasteiger partial charge in [0.1, 0.15) is 12.4 Å². The highest BCUT2D eigenvalue weighted by atomic mass is 35.5. The number of halogens is 1. The summed E-state index contributed by atoms with van der Waals surface area (Å²) in [4.78, 5) is 4.38. The van der Waals surface area contributed by atoms with E-state index in [1.54, 1.807) is 24.3 Å². The molecule has 0 aliphatic rings. The van der Waals surface area contributed by atoms with Gasteiger partial charge in [-0.2, -0.15) is 4.98 Å². The summed E-state index contributed by atoms with van der Waals surface area (Å²) in [7, 11) is 0. The number of rotatable bonds is 5. The van der Waals surface area contributed by atoms with Crippen molar-refractivity contribution in [1.82, 2.24) is 10.1 Å². The summed E-state index contributed by atoms with van der Waals surface area (Å²) in [6.45, 7) is 4.07. The van der Waals surface area contributed by atoms with Gasteiger partial charge >= 0.3 is 0 Å². The molecule has 0 atom stereocenters. The van der Waals surface area contributed by atoms with Gasteiger partial charge in [-0.05, 0) is 42.5 Å². The SMILES string of the molecule is C=CCOc1ccc(-c2noc(-c3ccc(Cl)cc3N)n2)cc1. The summed E-state index contributed by atoms with van der Waals surface area (Å²) < 4.78 is 10.7. The molecule has 3 aromatic rings. The van der Waals surface area contributed by atoms with Crippen LogP contribution in [0.3, 0.4) is 0 Å². The average Bonchev–Trinajstić information content (AvgIpc) is 3.03. The van der Waals surface area contributed by atoms with Gasteiger partial charge in [0.2, 0.25) is 5.82 Å². The van der Waals surface area contributed by atoms with Crippen molar-refractivity contribution in [2.75, 3.05) is 12.3 Å². The Hall–Kier alpha value is -2.79. The topological polar surface area (TPSA) is 74.2 Å². The van der Waals surface area contributed by atoms with Crippen LogP contribution in [0.4, 0.5) is 5.69 Å². The van der Waals surface area contributed by atoms with Crippen LogP contribution in [0, 0.1) is 0 Å². The van der Waals surface area contributed by atoms with E-state index in [1.165, 1.54) is 0 Å². The molecule has 0 radical (unpaired) electrons. The summed E-state index contributed by atoms with van der Waals surface area (Å²) in [5.74, 6) is 1.57. The number of nitrogen functional groups attached to an aromatic ring is 1. The molecule has 1 aromatic heterocycles. The number of hydrogen-bond acceptors (Lipinski definition) is 5. The zero-order valence-corrected chi connectivity index (χ0v) is 13.0. The summed E-state index contributed by atoms with van der Waals surface area (Å²) in [6.07, 6.45) is 1.69. The molecular formula is C17H14ClN3O2. The second kappa shape index (κ2) is 6.54. The van der Waals surface area contributed by atoms with Gasteiger partial charge in [-0.3, -0.25) is 0 Å². The fourth-order valence-electron chi connectivity index (χ4n) is 2.03. The zero-order chi connectivity index (χ0) is 16.2. The van der Waals surface area contributed by atoms with E-state index in [0.29, 0.717) is 34.6 Å². The number of hydrogen-bond donors (Lipinski definition) is 1. The lowest BCUT2D eigenvalue weighted by atomic mass is 10.2. The van der Waals surface area contributed by atoms with E-state index in [-0.39, 0.29) is 0 Å². The molecule has 0 aliphatic carbocycles. The lowest BCUT2D eigenvalue weighted by Crippen LogP contribution is -1.92. The van der Waals surface area contributed by atoms with Crippen LogP contribution in [-0.2, 0) is 0 Å². The van der Waals surface area contributed by atoms with Crippen molar-refractivity contribution in [1.29, 1.82) is 0 Å². The van der Waals surface area contributed by atoms with Gasteiger partial charge in [-0.15, -0.1) is 0 Å². The molecule has 0 spiro atoms. The monoisotopic (exact) mass is 327 g/mol. The summed E-state index contributed by atoms with van der Waals surface area (Å²) in [6, 6.07) is 12.5. The summed E-state index contributed by atoms with van der Waals surface area (Å²) in [5, 5.41) is 4.54. The lowest BCUT2D eigenvalue weighted by molar-refractivity contribution is 0.363. The molecule has 0 unspecified atom stereocenters. The van der Waals surface area contributed by atoms with Crippen LogP contribution in [-0.4, -0.2) is 16.7 Å². The molecule has 1 heterocycles. The maximum atomic E-state index is 5.93. The second-order valence-corrected chi connectivity index (χ2v) is 5.22. The predicted molar refractivity (Wildman–Crippen MR) is 90.3 cm³/mol. The van der Waals surface area contributed by atoms with Gasteiger partial charge in [0.25, 0.3) is 5.89 Å². The molecule has 0 saturated carbocycles. The summed E-state index contributed by atoms with van der Waals surface area (Å²) >= 11 is 5.89. The molecule has 3 rings (SSSR count). The standard InChI is InChI=1S/C17H14ClN3O2/c1-2-9-22-13-6-3-11(4-7-13)16-20-17(23-21-16)14-8-5-12(18)10-15(14)19/h2-8,10H,1,9,19H2. The Balaban J connectivity index is 1.85. The van der Waals surface area contributed by atoms with Crippen LogP contribution in [0.25, 0.3) is 22.8 Å². The van der Waals surface area contributed by atoms with Crippen LogP contribution >= 0.6 is 11.6 Å². The lowest BCUT2D eigenvalue weighted by Gasteiger charge is -2.02. The fraction of sp³-hybridized carbons (Fsp3) is 0.0588. The molecule has 116 valence electrons. The second-order valence-electron chi connectivity index (χ2n) is 4.78. The van der Waals surface area contributed by atoms with Crippen molar-refractivity contribution in [2.45, 2.75) is 0 Å². The average molecular weight is 328 g/mol. The third kappa shape index (κ3) is 3.35. The molecule has 0 aliphatic heterocycles. The molecule has 6 heteroatoms. The molecule has 0 saturated heterocycles. The van der Waals surface area contributed by atoms with E-state index in [0.717, 1.165) is 11.3 Å². The molecule has 0 amide bonds. The van der Waals surface area contributed by atoms with Gasteiger partial charge in [0.05, 0.1) is 5.56 Å². The van der Waals surface area contributed by atoms with E-state index >= 15 is 0 Å². The normalized spacial score (nSPS) is 10.5. The number of benzene rings is 2. The highest BCUT2D eigenvalue weighted by Gasteiger charge is 2.13. The highest BCUT2D eigenvalue weighted by Crippen LogP contribution is 2.29. The van der Waals surface area contributed by atoms with E-state index in [2.05, 4.69) is 16.7 Å². The smallest absolute Gasteiger partial charge is 0.260 e. The van der Waals surface area contributed by atoms with Gasteiger partial charge in [0.15, 0.2) is 0 Å². The van der Waals surface area contributed by atoms with Crippen LogP contribution in [0.2, 0.25) is 5.02 Å². The Morgan fingerprint density at radius 3 is 2.70 bits per heavy atom. The minimum Gasteiger partial charge on any atom is -0.490 e. The van der Waals surface area contributed by atoms with Gasteiger partial charge in [-0.1, -0.05) is 29.4 Å². The first-order chi connectivity index (χ1) is 11.2. The molecule has 23 heavy (non-hydrogen) atoms. The third-order valence-electron chi connectivity index (χ3n) is 3.15. The molecule has 2 aromatic carbocycles. The van der Waals surface area contributed by atoms with E-state index in [1.807, 2.05) is 24.3 Å². The minimum absolute atomic E-state index is 0.348. The van der Waals surface area contributed by atoms with Gasteiger partial charge in [0, 0.05) is 16.3 Å². The van der Waals surface area contributed by atoms with E-state index < -0.39 is 0 Å². The Morgan fingerprint density at radius 2 is 2.00 bits per heavy atom. The highest BCUT2D eigenvalue weighted by molar-refractivity contribution is 6.31. The quantitative estimate of drug-likeness (QED) is 0.561. The van der Waals surface area contributed by atoms with Crippen LogP contribution in [0.1, 0.15) is 0 Å². The van der Waals surface area contributed by atoms with Crippen molar-refractivity contribution in [2.24, 2.45) is 0 Å². The van der Waals surface area contributed by atoms with Crippen molar-refractivity contribution >= 4 is 17.3 Å².